The van der Waals surface area contributed by atoms with E-state index in [1.807, 2.05) is 0 Å². The van der Waals surface area contributed by atoms with Crippen LogP contribution in [0.25, 0.3) is 0 Å². The van der Waals surface area contributed by atoms with Crippen LogP contribution in [0.3, 0.4) is 0 Å². The Morgan fingerprint density at radius 3 is 2.71 bits per heavy atom. The number of amidine groups is 1. The van der Waals surface area contributed by atoms with E-state index in [0.29, 0.717) is 11.3 Å². The fourth-order valence-electron chi connectivity index (χ4n) is 1.06. The van der Waals surface area contributed by atoms with Crippen LogP contribution in [0.15, 0.2) is 29.4 Å². The first kappa shape index (κ1) is 10.0. The maximum atomic E-state index is 10.8. The quantitative estimate of drug-likeness (QED) is 0.280. The third kappa shape index (κ3) is 2.22. The monoisotopic (exact) mass is 193 g/mol. The molecule has 14 heavy (non-hydrogen) atoms. The summed E-state index contributed by atoms with van der Waals surface area (Å²) in [6.45, 7) is 1.39. The lowest BCUT2D eigenvalue weighted by atomic mass is 10.1. The van der Waals surface area contributed by atoms with Gasteiger partial charge in [-0.1, -0.05) is 17.3 Å². The van der Waals surface area contributed by atoms with Gasteiger partial charge in [0.25, 0.3) is 0 Å². The molecule has 4 N–H and O–H groups in total. The highest BCUT2D eigenvalue weighted by molar-refractivity contribution is 6.05. The van der Waals surface area contributed by atoms with Crippen molar-refractivity contribution in [1.29, 1.82) is 0 Å². The Labute approximate surface area is 81.2 Å². The highest BCUT2D eigenvalue weighted by Crippen LogP contribution is 2.14. The van der Waals surface area contributed by atoms with Gasteiger partial charge in [0.2, 0.25) is 5.91 Å². The summed E-state index contributed by atoms with van der Waals surface area (Å²) >= 11 is 0. The molecule has 0 radical (unpaired) electrons. The topological polar surface area (TPSA) is 87.7 Å². The molecule has 1 rings (SSSR count). The Hall–Kier alpha value is -2.04. The number of anilines is 1. The molecule has 0 aliphatic heterocycles. The molecule has 0 saturated heterocycles. The normalized spacial score (nSPS) is 11.1. The molecule has 0 unspecified atom stereocenters. The molecule has 0 aromatic heterocycles. The summed E-state index contributed by atoms with van der Waals surface area (Å²) in [5.74, 6) is -0.238. The van der Waals surface area contributed by atoms with Gasteiger partial charge >= 0.3 is 0 Å². The van der Waals surface area contributed by atoms with E-state index in [-0.39, 0.29) is 11.7 Å². The van der Waals surface area contributed by atoms with Crippen molar-refractivity contribution in [2.45, 2.75) is 6.92 Å². The van der Waals surface area contributed by atoms with Gasteiger partial charge in [-0.2, -0.15) is 0 Å². The molecule has 1 aromatic carbocycles. The fourth-order valence-corrected chi connectivity index (χ4v) is 1.06. The SMILES string of the molecule is CC(=O)Nc1ccccc1/C(N)=N/O. The minimum absolute atomic E-state index is 0.0330. The van der Waals surface area contributed by atoms with E-state index in [9.17, 15) is 4.79 Å². The van der Waals surface area contributed by atoms with Crippen molar-refractivity contribution >= 4 is 17.4 Å². The third-order valence-electron chi connectivity index (χ3n) is 1.62. The van der Waals surface area contributed by atoms with E-state index >= 15 is 0 Å². The Bertz CT molecular complexity index is 374. The first-order valence-electron chi connectivity index (χ1n) is 3.99. The molecule has 0 aliphatic carbocycles. The Morgan fingerprint density at radius 2 is 2.14 bits per heavy atom. The minimum Gasteiger partial charge on any atom is -0.409 e. The van der Waals surface area contributed by atoms with Gasteiger partial charge in [-0.3, -0.25) is 4.79 Å². The molecule has 1 aromatic rings. The highest BCUT2D eigenvalue weighted by Gasteiger charge is 2.06. The van der Waals surface area contributed by atoms with E-state index in [2.05, 4.69) is 10.5 Å². The lowest BCUT2D eigenvalue weighted by molar-refractivity contribution is -0.114. The third-order valence-corrected chi connectivity index (χ3v) is 1.62. The number of carbonyl (C=O) groups is 1. The van der Waals surface area contributed by atoms with Crippen molar-refractivity contribution in [3.8, 4) is 0 Å². The van der Waals surface area contributed by atoms with Crippen LogP contribution in [-0.2, 0) is 4.79 Å². The van der Waals surface area contributed by atoms with E-state index < -0.39 is 0 Å². The average molecular weight is 193 g/mol. The second-order valence-electron chi connectivity index (χ2n) is 2.71. The van der Waals surface area contributed by atoms with Gasteiger partial charge in [0.15, 0.2) is 5.84 Å². The number of amides is 1. The second-order valence-corrected chi connectivity index (χ2v) is 2.71. The van der Waals surface area contributed by atoms with Crippen molar-refractivity contribution in [3.05, 3.63) is 29.8 Å². The molecule has 0 heterocycles. The first-order valence-corrected chi connectivity index (χ1v) is 3.99. The number of oxime groups is 1. The van der Waals surface area contributed by atoms with Crippen LogP contribution in [0.2, 0.25) is 0 Å². The number of nitrogens with two attached hydrogens (primary N) is 1. The van der Waals surface area contributed by atoms with Crippen molar-refractivity contribution in [2.75, 3.05) is 5.32 Å². The molecule has 5 nitrogen and oxygen atoms in total. The van der Waals surface area contributed by atoms with Gasteiger partial charge < -0.3 is 16.3 Å². The number of rotatable bonds is 2. The first-order chi connectivity index (χ1) is 6.65. The minimum atomic E-state index is -0.205. The second kappa shape index (κ2) is 4.27. The molecule has 0 saturated carbocycles. The molecule has 0 aliphatic rings. The van der Waals surface area contributed by atoms with Gasteiger partial charge in [0, 0.05) is 12.5 Å². The number of para-hydroxylation sites is 1. The molecular formula is C9H11N3O2. The van der Waals surface area contributed by atoms with E-state index in [1.165, 1.54) is 6.92 Å². The Kier molecular flexibility index (Phi) is 3.06. The van der Waals surface area contributed by atoms with Crippen LogP contribution in [-0.4, -0.2) is 17.0 Å². The van der Waals surface area contributed by atoms with Crippen LogP contribution in [0, 0.1) is 0 Å². The standard InChI is InChI=1S/C9H11N3O2/c1-6(13)11-8-5-3-2-4-7(8)9(10)12-14/h2-5,14H,1H3,(H2,10,12)(H,11,13). The van der Waals surface area contributed by atoms with Crippen molar-refractivity contribution in [2.24, 2.45) is 10.9 Å². The molecule has 0 bridgehead atoms. The molecule has 5 heteroatoms. The number of carbonyl (C=O) groups excluding carboxylic acids is 1. The summed E-state index contributed by atoms with van der Waals surface area (Å²) in [5, 5.41) is 13.9. The van der Waals surface area contributed by atoms with Crippen LogP contribution in [0.5, 0.6) is 0 Å². The van der Waals surface area contributed by atoms with Crippen LogP contribution >= 0.6 is 0 Å². The fraction of sp³-hybridized carbons (Fsp3) is 0.111. The molecule has 0 fully saturated rings. The van der Waals surface area contributed by atoms with E-state index in [0.717, 1.165) is 0 Å². The maximum absolute atomic E-state index is 10.8. The zero-order chi connectivity index (χ0) is 10.6. The lowest BCUT2D eigenvalue weighted by Crippen LogP contribution is -2.17. The van der Waals surface area contributed by atoms with Crippen molar-refractivity contribution < 1.29 is 10.0 Å². The van der Waals surface area contributed by atoms with Crippen molar-refractivity contribution in [1.82, 2.24) is 0 Å². The van der Waals surface area contributed by atoms with Gasteiger partial charge in [-0.05, 0) is 12.1 Å². The lowest BCUT2D eigenvalue weighted by Gasteiger charge is -2.07. The van der Waals surface area contributed by atoms with Crippen LogP contribution < -0.4 is 11.1 Å². The average Bonchev–Trinajstić information content (AvgIpc) is 2.16. The summed E-state index contributed by atoms with van der Waals surface area (Å²) in [6, 6.07) is 6.81. The molecule has 74 valence electrons. The van der Waals surface area contributed by atoms with E-state index in [1.54, 1.807) is 24.3 Å². The van der Waals surface area contributed by atoms with Gasteiger partial charge in [0.1, 0.15) is 0 Å². The van der Waals surface area contributed by atoms with Gasteiger partial charge in [-0.15, -0.1) is 0 Å². The van der Waals surface area contributed by atoms with Gasteiger partial charge in [0.05, 0.1) is 5.69 Å². The molecular weight excluding hydrogens is 182 g/mol. The Balaban J connectivity index is 3.09. The Morgan fingerprint density at radius 1 is 1.50 bits per heavy atom. The zero-order valence-corrected chi connectivity index (χ0v) is 7.69. The number of nitrogens with zero attached hydrogens (tertiary/aromatic N) is 1. The number of nitrogens with one attached hydrogen (secondary N) is 1. The molecule has 0 spiro atoms. The summed E-state index contributed by atoms with van der Waals surface area (Å²) in [6.07, 6.45) is 0. The number of hydrogen-bond acceptors (Lipinski definition) is 3. The van der Waals surface area contributed by atoms with Crippen LogP contribution in [0.4, 0.5) is 5.69 Å². The number of benzene rings is 1. The highest BCUT2D eigenvalue weighted by atomic mass is 16.4. The largest absolute Gasteiger partial charge is 0.409 e. The predicted octanol–water partition coefficient (Wildman–Crippen LogP) is 0.739. The summed E-state index contributed by atoms with van der Waals surface area (Å²) < 4.78 is 0. The van der Waals surface area contributed by atoms with Gasteiger partial charge in [-0.25, -0.2) is 0 Å². The smallest absolute Gasteiger partial charge is 0.221 e. The van der Waals surface area contributed by atoms with Crippen LogP contribution in [0.1, 0.15) is 12.5 Å². The maximum Gasteiger partial charge on any atom is 0.221 e. The molecule has 1 amide bonds. The predicted molar refractivity (Wildman–Crippen MR) is 53.3 cm³/mol. The summed E-state index contributed by atoms with van der Waals surface area (Å²) in [4.78, 5) is 10.8. The van der Waals surface area contributed by atoms with E-state index in [4.69, 9.17) is 10.9 Å². The summed E-state index contributed by atoms with van der Waals surface area (Å²) in [7, 11) is 0. The molecule has 0 atom stereocenters. The number of hydrogen-bond donors (Lipinski definition) is 3. The zero-order valence-electron chi connectivity index (χ0n) is 7.69. The van der Waals surface area contributed by atoms with Crippen molar-refractivity contribution in [3.63, 3.8) is 0 Å². The summed E-state index contributed by atoms with van der Waals surface area (Å²) in [5.41, 5.74) is 6.43.